The van der Waals surface area contributed by atoms with Gasteiger partial charge in [0.25, 0.3) is 5.91 Å². The molecule has 0 fully saturated rings. The summed E-state index contributed by atoms with van der Waals surface area (Å²) in [6.07, 6.45) is 0. The van der Waals surface area contributed by atoms with Crippen LogP contribution >= 0.6 is 0 Å². The monoisotopic (exact) mass is 270 g/mol. The number of para-hydroxylation sites is 1. The van der Waals surface area contributed by atoms with Gasteiger partial charge < -0.3 is 10.6 Å². The SMILES string of the molecule is CNCc1ccccc1NC(=O)c1cc(C)nnc1C. The molecule has 2 rings (SSSR count). The first-order chi connectivity index (χ1) is 9.61. The summed E-state index contributed by atoms with van der Waals surface area (Å²) in [6, 6.07) is 9.47. The largest absolute Gasteiger partial charge is 0.322 e. The number of hydrogen-bond acceptors (Lipinski definition) is 4. The Morgan fingerprint density at radius 2 is 1.95 bits per heavy atom. The third kappa shape index (κ3) is 3.19. The van der Waals surface area contributed by atoms with Gasteiger partial charge in [-0.15, -0.1) is 0 Å². The maximum Gasteiger partial charge on any atom is 0.257 e. The summed E-state index contributed by atoms with van der Waals surface area (Å²) < 4.78 is 0. The summed E-state index contributed by atoms with van der Waals surface area (Å²) in [5.74, 6) is -0.163. The van der Waals surface area contributed by atoms with Crippen molar-refractivity contribution in [2.24, 2.45) is 0 Å². The van der Waals surface area contributed by atoms with Gasteiger partial charge >= 0.3 is 0 Å². The van der Waals surface area contributed by atoms with Crippen molar-refractivity contribution in [1.82, 2.24) is 15.5 Å². The van der Waals surface area contributed by atoms with Crippen LogP contribution in [0, 0.1) is 13.8 Å². The molecule has 0 aliphatic rings. The van der Waals surface area contributed by atoms with Crippen molar-refractivity contribution >= 4 is 11.6 Å². The molecule has 0 saturated carbocycles. The summed E-state index contributed by atoms with van der Waals surface area (Å²) in [7, 11) is 1.87. The van der Waals surface area contributed by atoms with Crippen LogP contribution in [0.2, 0.25) is 0 Å². The van der Waals surface area contributed by atoms with E-state index in [0.717, 1.165) is 16.9 Å². The molecule has 0 bridgehead atoms. The lowest BCUT2D eigenvalue weighted by molar-refractivity contribution is 0.102. The second-order valence-electron chi connectivity index (χ2n) is 4.63. The summed E-state index contributed by atoms with van der Waals surface area (Å²) in [4.78, 5) is 12.3. The molecule has 0 atom stereocenters. The van der Waals surface area contributed by atoms with Gasteiger partial charge in [-0.1, -0.05) is 18.2 Å². The number of aryl methyl sites for hydroxylation is 2. The summed E-state index contributed by atoms with van der Waals surface area (Å²) in [5.41, 5.74) is 3.75. The van der Waals surface area contributed by atoms with Crippen molar-refractivity contribution in [1.29, 1.82) is 0 Å². The fraction of sp³-hybridized carbons (Fsp3) is 0.267. The highest BCUT2D eigenvalue weighted by Gasteiger charge is 2.12. The third-order valence-corrected chi connectivity index (χ3v) is 2.98. The predicted molar refractivity (Wildman–Crippen MR) is 78.7 cm³/mol. The van der Waals surface area contributed by atoms with Crippen LogP contribution in [0.25, 0.3) is 0 Å². The smallest absolute Gasteiger partial charge is 0.257 e. The first-order valence-corrected chi connectivity index (χ1v) is 6.46. The summed E-state index contributed by atoms with van der Waals surface area (Å²) in [5, 5.41) is 13.9. The fourth-order valence-corrected chi connectivity index (χ4v) is 1.96. The topological polar surface area (TPSA) is 66.9 Å². The van der Waals surface area contributed by atoms with Gasteiger partial charge in [-0.05, 0) is 38.6 Å². The minimum atomic E-state index is -0.163. The van der Waals surface area contributed by atoms with E-state index in [1.807, 2.05) is 38.2 Å². The van der Waals surface area contributed by atoms with E-state index < -0.39 is 0 Å². The van der Waals surface area contributed by atoms with E-state index in [9.17, 15) is 4.79 Å². The van der Waals surface area contributed by atoms with Crippen LogP contribution in [0.1, 0.15) is 27.3 Å². The van der Waals surface area contributed by atoms with Crippen LogP contribution in [-0.4, -0.2) is 23.2 Å². The molecule has 0 aliphatic carbocycles. The average molecular weight is 270 g/mol. The zero-order chi connectivity index (χ0) is 14.5. The molecule has 1 heterocycles. The van der Waals surface area contributed by atoms with Crippen LogP contribution in [-0.2, 0) is 6.54 Å². The van der Waals surface area contributed by atoms with Crippen LogP contribution in [0.3, 0.4) is 0 Å². The van der Waals surface area contributed by atoms with Crippen molar-refractivity contribution in [3.8, 4) is 0 Å². The van der Waals surface area contributed by atoms with Gasteiger partial charge in [0.05, 0.1) is 17.0 Å². The van der Waals surface area contributed by atoms with E-state index in [1.165, 1.54) is 0 Å². The highest BCUT2D eigenvalue weighted by Crippen LogP contribution is 2.16. The molecule has 0 spiro atoms. The van der Waals surface area contributed by atoms with Crippen molar-refractivity contribution in [2.45, 2.75) is 20.4 Å². The maximum atomic E-state index is 12.3. The number of rotatable bonds is 4. The van der Waals surface area contributed by atoms with E-state index in [1.54, 1.807) is 13.0 Å². The Kier molecular flexibility index (Phi) is 4.42. The van der Waals surface area contributed by atoms with Gasteiger partial charge in [-0.2, -0.15) is 10.2 Å². The Morgan fingerprint density at radius 1 is 1.20 bits per heavy atom. The van der Waals surface area contributed by atoms with Crippen LogP contribution < -0.4 is 10.6 Å². The van der Waals surface area contributed by atoms with E-state index in [2.05, 4.69) is 20.8 Å². The number of hydrogen-bond donors (Lipinski definition) is 2. The molecule has 0 saturated heterocycles. The van der Waals surface area contributed by atoms with Crippen LogP contribution in [0.4, 0.5) is 5.69 Å². The fourth-order valence-electron chi connectivity index (χ4n) is 1.96. The molecule has 0 aliphatic heterocycles. The Morgan fingerprint density at radius 3 is 2.70 bits per heavy atom. The normalized spacial score (nSPS) is 10.3. The lowest BCUT2D eigenvalue weighted by Crippen LogP contribution is -2.17. The zero-order valence-corrected chi connectivity index (χ0v) is 11.9. The number of nitrogens with one attached hydrogen (secondary N) is 2. The number of anilines is 1. The molecule has 104 valence electrons. The quantitative estimate of drug-likeness (QED) is 0.892. The Hall–Kier alpha value is -2.27. The molecule has 5 heteroatoms. The molecule has 1 amide bonds. The molecule has 0 unspecified atom stereocenters. The van der Waals surface area contributed by atoms with E-state index in [-0.39, 0.29) is 5.91 Å². The number of amides is 1. The maximum absolute atomic E-state index is 12.3. The number of nitrogens with zero attached hydrogens (tertiary/aromatic N) is 2. The van der Waals surface area contributed by atoms with E-state index >= 15 is 0 Å². The Bertz CT molecular complexity index is 625. The van der Waals surface area contributed by atoms with Gasteiger partial charge in [0.2, 0.25) is 0 Å². The van der Waals surface area contributed by atoms with Crippen molar-refractivity contribution in [3.05, 3.63) is 52.8 Å². The van der Waals surface area contributed by atoms with Gasteiger partial charge in [0.1, 0.15) is 0 Å². The molecule has 2 aromatic rings. The Balaban J connectivity index is 2.26. The number of carbonyl (C=O) groups is 1. The second-order valence-corrected chi connectivity index (χ2v) is 4.63. The van der Waals surface area contributed by atoms with Gasteiger partial charge in [-0.3, -0.25) is 4.79 Å². The molecular weight excluding hydrogens is 252 g/mol. The standard InChI is InChI=1S/C15H18N4O/c1-10-8-13(11(2)19-18-10)15(20)17-14-7-5-4-6-12(14)9-16-3/h4-8,16H,9H2,1-3H3,(H,17,20). The average Bonchev–Trinajstić information content (AvgIpc) is 2.44. The predicted octanol–water partition coefficient (Wildman–Crippen LogP) is 2.07. The molecule has 1 aromatic heterocycles. The number of aromatic nitrogens is 2. The zero-order valence-electron chi connectivity index (χ0n) is 11.9. The van der Waals surface area contributed by atoms with Crippen molar-refractivity contribution in [3.63, 3.8) is 0 Å². The first-order valence-electron chi connectivity index (χ1n) is 6.46. The highest BCUT2D eigenvalue weighted by molar-refractivity contribution is 6.05. The lowest BCUT2D eigenvalue weighted by atomic mass is 10.1. The van der Waals surface area contributed by atoms with Gasteiger partial charge in [-0.25, -0.2) is 0 Å². The highest BCUT2D eigenvalue weighted by atomic mass is 16.1. The molecular formula is C15H18N4O. The number of benzene rings is 1. The number of carbonyl (C=O) groups excluding carboxylic acids is 1. The van der Waals surface area contributed by atoms with E-state index in [4.69, 9.17) is 0 Å². The Labute approximate surface area is 118 Å². The lowest BCUT2D eigenvalue weighted by Gasteiger charge is -2.11. The van der Waals surface area contributed by atoms with E-state index in [0.29, 0.717) is 17.8 Å². The molecule has 5 nitrogen and oxygen atoms in total. The summed E-state index contributed by atoms with van der Waals surface area (Å²) in [6.45, 7) is 4.29. The molecule has 2 N–H and O–H groups in total. The second kappa shape index (κ2) is 6.25. The van der Waals surface area contributed by atoms with Gasteiger partial charge in [0, 0.05) is 12.2 Å². The third-order valence-electron chi connectivity index (χ3n) is 2.98. The molecule has 20 heavy (non-hydrogen) atoms. The van der Waals surface area contributed by atoms with Gasteiger partial charge in [0.15, 0.2) is 0 Å². The molecule has 1 aromatic carbocycles. The van der Waals surface area contributed by atoms with Crippen LogP contribution in [0.15, 0.2) is 30.3 Å². The van der Waals surface area contributed by atoms with Crippen molar-refractivity contribution < 1.29 is 4.79 Å². The van der Waals surface area contributed by atoms with Crippen molar-refractivity contribution in [2.75, 3.05) is 12.4 Å². The van der Waals surface area contributed by atoms with Crippen LogP contribution in [0.5, 0.6) is 0 Å². The summed E-state index contributed by atoms with van der Waals surface area (Å²) >= 11 is 0. The first kappa shape index (κ1) is 14.1. The molecule has 0 radical (unpaired) electrons. The minimum absolute atomic E-state index is 0.163. The minimum Gasteiger partial charge on any atom is -0.322 e.